The van der Waals surface area contributed by atoms with E-state index in [4.69, 9.17) is 4.42 Å². The number of nitrogens with zero attached hydrogens (tertiary/aromatic N) is 3. The van der Waals surface area contributed by atoms with Gasteiger partial charge in [0.15, 0.2) is 0 Å². The second-order valence-electron chi connectivity index (χ2n) is 7.87. The Kier molecular flexibility index (Phi) is 5.20. The highest BCUT2D eigenvalue weighted by Crippen LogP contribution is 2.32. The number of para-hydroxylation sites is 1. The summed E-state index contributed by atoms with van der Waals surface area (Å²) in [5.74, 6) is 0.798. The smallest absolute Gasteiger partial charge is 0.273 e. The highest BCUT2D eigenvalue weighted by Gasteiger charge is 2.32. The van der Waals surface area contributed by atoms with Gasteiger partial charge in [0.05, 0.1) is 11.7 Å². The summed E-state index contributed by atoms with van der Waals surface area (Å²) >= 11 is 0. The normalized spacial score (nSPS) is 16.5. The van der Waals surface area contributed by atoms with E-state index in [9.17, 15) is 9.18 Å². The summed E-state index contributed by atoms with van der Waals surface area (Å²) in [6, 6.07) is 17.7. The van der Waals surface area contributed by atoms with E-state index in [0.717, 1.165) is 35.7 Å². The molecule has 0 bridgehead atoms. The van der Waals surface area contributed by atoms with E-state index in [2.05, 4.69) is 9.97 Å². The molecule has 0 aliphatic carbocycles. The number of rotatable bonds is 4. The second kappa shape index (κ2) is 8.30. The van der Waals surface area contributed by atoms with E-state index in [-0.39, 0.29) is 17.8 Å². The molecular weight excluding hydrogens is 393 g/mol. The van der Waals surface area contributed by atoms with E-state index in [1.165, 1.54) is 12.1 Å². The maximum absolute atomic E-state index is 13.5. The Hall–Kier alpha value is -3.54. The van der Waals surface area contributed by atoms with Crippen molar-refractivity contribution in [2.75, 3.05) is 6.54 Å². The van der Waals surface area contributed by atoms with Crippen molar-refractivity contribution in [2.45, 2.75) is 31.7 Å². The fourth-order valence-corrected chi connectivity index (χ4v) is 4.17. The molecule has 1 fully saturated rings. The fourth-order valence-electron chi connectivity index (χ4n) is 4.17. The summed E-state index contributed by atoms with van der Waals surface area (Å²) in [5.41, 5.74) is 2.05. The van der Waals surface area contributed by atoms with Gasteiger partial charge in [-0.1, -0.05) is 36.4 Å². The number of oxazole rings is 1. The molecule has 1 aliphatic heterocycles. The van der Waals surface area contributed by atoms with Crippen LogP contribution in [-0.4, -0.2) is 27.3 Å². The zero-order chi connectivity index (χ0) is 21.2. The van der Waals surface area contributed by atoms with Crippen molar-refractivity contribution in [1.82, 2.24) is 14.9 Å². The van der Waals surface area contributed by atoms with Crippen molar-refractivity contribution < 1.29 is 13.6 Å². The number of fused-ring (bicyclic) bond motifs is 1. The monoisotopic (exact) mass is 415 g/mol. The molecule has 31 heavy (non-hydrogen) atoms. The van der Waals surface area contributed by atoms with Gasteiger partial charge in [0.1, 0.15) is 23.3 Å². The van der Waals surface area contributed by atoms with E-state index >= 15 is 0 Å². The minimum absolute atomic E-state index is 0.111. The third-order valence-electron chi connectivity index (χ3n) is 5.71. The number of carbonyl (C=O) groups is 1. The van der Waals surface area contributed by atoms with Gasteiger partial charge in [-0.3, -0.25) is 4.79 Å². The van der Waals surface area contributed by atoms with Gasteiger partial charge in [-0.25, -0.2) is 14.4 Å². The van der Waals surface area contributed by atoms with Crippen molar-refractivity contribution >= 4 is 16.8 Å². The molecule has 0 unspecified atom stereocenters. The number of likely N-dealkylation sites (tertiary alicyclic amines) is 1. The zero-order valence-electron chi connectivity index (χ0n) is 17.0. The lowest BCUT2D eigenvalue weighted by atomic mass is 10.0. The summed E-state index contributed by atoms with van der Waals surface area (Å²) in [6.07, 6.45) is 4.86. The molecule has 4 aromatic rings. The van der Waals surface area contributed by atoms with Crippen LogP contribution in [0.25, 0.3) is 10.9 Å². The molecular formula is C25H22FN3O2. The molecule has 1 saturated heterocycles. The van der Waals surface area contributed by atoms with Gasteiger partial charge in [-0.05, 0) is 49.1 Å². The van der Waals surface area contributed by atoms with Crippen LogP contribution in [0.4, 0.5) is 4.39 Å². The molecule has 1 amide bonds. The Bertz CT molecular complexity index is 1240. The number of carbonyl (C=O) groups excluding carboxylic acids is 1. The van der Waals surface area contributed by atoms with Crippen molar-refractivity contribution in [3.05, 3.63) is 95.6 Å². The highest BCUT2D eigenvalue weighted by molar-refractivity contribution is 5.95. The molecule has 2 aromatic heterocycles. The Balaban J connectivity index is 1.39. The summed E-state index contributed by atoms with van der Waals surface area (Å²) in [5, 5.41) is 1.00. The molecule has 0 spiro atoms. The highest BCUT2D eigenvalue weighted by atomic mass is 19.1. The molecule has 6 heteroatoms. The number of amides is 1. The number of hydrogen-bond acceptors (Lipinski definition) is 4. The Morgan fingerprint density at radius 2 is 2.00 bits per heavy atom. The Morgan fingerprint density at radius 3 is 2.90 bits per heavy atom. The number of halogens is 1. The molecule has 5 nitrogen and oxygen atoms in total. The third kappa shape index (κ3) is 4.06. The lowest BCUT2D eigenvalue weighted by Gasteiger charge is -2.33. The van der Waals surface area contributed by atoms with E-state index in [0.29, 0.717) is 30.3 Å². The minimum Gasteiger partial charge on any atom is -0.443 e. The number of benzene rings is 2. The van der Waals surface area contributed by atoms with E-state index in [1.807, 2.05) is 41.3 Å². The summed E-state index contributed by atoms with van der Waals surface area (Å²) in [7, 11) is 0. The Labute approximate surface area is 179 Å². The van der Waals surface area contributed by atoms with Crippen LogP contribution in [0.2, 0.25) is 0 Å². The van der Waals surface area contributed by atoms with Crippen LogP contribution >= 0.6 is 0 Å². The maximum atomic E-state index is 13.5. The summed E-state index contributed by atoms with van der Waals surface area (Å²) in [4.78, 5) is 24.2. The second-order valence-corrected chi connectivity index (χ2v) is 7.87. The average molecular weight is 415 g/mol. The molecule has 3 heterocycles. The first-order valence-electron chi connectivity index (χ1n) is 10.5. The van der Waals surface area contributed by atoms with Gasteiger partial charge >= 0.3 is 0 Å². The third-order valence-corrected chi connectivity index (χ3v) is 5.71. The first kappa shape index (κ1) is 19.4. The van der Waals surface area contributed by atoms with Crippen LogP contribution in [0.5, 0.6) is 0 Å². The van der Waals surface area contributed by atoms with Gasteiger partial charge < -0.3 is 9.32 Å². The van der Waals surface area contributed by atoms with Crippen LogP contribution < -0.4 is 0 Å². The number of pyridine rings is 1. The topological polar surface area (TPSA) is 59.2 Å². The molecule has 0 radical (unpaired) electrons. The van der Waals surface area contributed by atoms with Gasteiger partial charge in [0, 0.05) is 18.4 Å². The predicted octanol–water partition coefficient (Wildman–Crippen LogP) is 5.32. The molecule has 1 atom stereocenters. The van der Waals surface area contributed by atoms with Gasteiger partial charge in [0.2, 0.25) is 5.89 Å². The van der Waals surface area contributed by atoms with Crippen LogP contribution in [0.3, 0.4) is 0 Å². The zero-order valence-corrected chi connectivity index (χ0v) is 17.0. The lowest BCUT2D eigenvalue weighted by Crippen LogP contribution is -2.39. The van der Waals surface area contributed by atoms with E-state index < -0.39 is 0 Å². The molecule has 1 aliphatic rings. The molecule has 0 N–H and O–H groups in total. The maximum Gasteiger partial charge on any atom is 0.273 e. The van der Waals surface area contributed by atoms with Crippen LogP contribution in [-0.2, 0) is 6.42 Å². The minimum atomic E-state index is -0.274. The summed E-state index contributed by atoms with van der Waals surface area (Å²) < 4.78 is 19.5. The molecule has 5 rings (SSSR count). The largest absolute Gasteiger partial charge is 0.443 e. The summed E-state index contributed by atoms with van der Waals surface area (Å²) in [6.45, 7) is 0.639. The number of piperidine rings is 1. The predicted molar refractivity (Wildman–Crippen MR) is 115 cm³/mol. The van der Waals surface area contributed by atoms with Crippen molar-refractivity contribution in [3.8, 4) is 0 Å². The van der Waals surface area contributed by atoms with E-state index in [1.54, 1.807) is 18.3 Å². The van der Waals surface area contributed by atoms with Crippen molar-refractivity contribution in [1.29, 1.82) is 0 Å². The molecule has 2 aromatic carbocycles. The number of aromatic nitrogens is 2. The number of hydrogen-bond donors (Lipinski definition) is 0. The van der Waals surface area contributed by atoms with Crippen LogP contribution in [0.15, 0.2) is 71.3 Å². The molecule has 0 saturated carbocycles. The van der Waals surface area contributed by atoms with Crippen LogP contribution in [0, 0.1) is 5.82 Å². The fraction of sp³-hybridized carbons (Fsp3) is 0.240. The lowest BCUT2D eigenvalue weighted by molar-refractivity contribution is 0.0564. The van der Waals surface area contributed by atoms with Gasteiger partial charge in [-0.15, -0.1) is 0 Å². The van der Waals surface area contributed by atoms with Crippen molar-refractivity contribution in [3.63, 3.8) is 0 Å². The van der Waals surface area contributed by atoms with Gasteiger partial charge in [-0.2, -0.15) is 0 Å². The van der Waals surface area contributed by atoms with Gasteiger partial charge in [0.25, 0.3) is 5.91 Å². The molecule has 156 valence electrons. The quantitative estimate of drug-likeness (QED) is 0.453. The standard InChI is InChI=1S/C25H22FN3O2/c26-19-8-5-6-17(14-19)15-20-16-27-24(31-20)23-10-3-4-13-29(23)25(30)22-12-11-18-7-1-2-9-21(18)28-22/h1-2,5-9,11-12,14,16,23H,3-4,10,13,15H2/t23-/m0/s1. The van der Waals surface area contributed by atoms with Crippen molar-refractivity contribution in [2.24, 2.45) is 0 Å². The average Bonchev–Trinajstić information content (AvgIpc) is 3.26. The Morgan fingerprint density at radius 1 is 1.10 bits per heavy atom. The SMILES string of the molecule is O=C(c1ccc2ccccc2n1)N1CCCC[C@H]1c1ncc(Cc2cccc(F)c2)o1. The first-order chi connectivity index (χ1) is 15.2. The first-order valence-corrected chi connectivity index (χ1v) is 10.5. The van der Waals surface area contributed by atoms with Crippen LogP contribution in [0.1, 0.15) is 53.0 Å².